The number of carbonyl (C=O) groups is 1. The average molecular weight is 282 g/mol. The van der Waals surface area contributed by atoms with Crippen molar-refractivity contribution in [3.05, 3.63) is 23.4 Å². The maximum Gasteiger partial charge on any atom is 0.335 e. The lowest BCUT2D eigenvalue weighted by atomic mass is 10.2. The molecule has 0 bridgehead atoms. The van der Waals surface area contributed by atoms with Crippen LogP contribution in [0.2, 0.25) is 0 Å². The molecule has 20 heavy (non-hydrogen) atoms. The summed E-state index contributed by atoms with van der Waals surface area (Å²) in [4.78, 5) is 17.5. The Kier molecular flexibility index (Phi) is 6.97. The summed E-state index contributed by atoms with van der Waals surface area (Å²) in [5.74, 6) is -0.282. The molecule has 0 spiro atoms. The summed E-state index contributed by atoms with van der Waals surface area (Å²) in [6.45, 7) is 4.41. The number of nitrogens with zero attached hydrogens (tertiary/aromatic N) is 2. The maximum absolute atomic E-state index is 11.1. The molecular formula is C14H22N2O4. The van der Waals surface area contributed by atoms with Crippen molar-refractivity contribution in [1.82, 2.24) is 4.98 Å². The number of aromatic carboxylic acids is 1. The summed E-state index contributed by atoms with van der Waals surface area (Å²) >= 11 is 0. The van der Waals surface area contributed by atoms with Crippen LogP contribution in [-0.2, 0) is 9.47 Å². The number of hydrogen-bond acceptors (Lipinski definition) is 5. The van der Waals surface area contributed by atoms with Crippen molar-refractivity contribution in [3.8, 4) is 0 Å². The highest BCUT2D eigenvalue weighted by Crippen LogP contribution is 2.15. The van der Waals surface area contributed by atoms with Crippen LogP contribution in [0.15, 0.2) is 12.1 Å². The number of pyridine rings is 1. The molecule has 0 saturated heterocycles. The third-order valence-electron chi connectivity index (χ3n) is 2.85. The Hall–Kier alpha value is -1.66. The lowest BCUT2D eigenvalue weighted by Gasteiger charge is -2.24. The van der Waals surface area contributed by atoms with Gasteiger partial charge in [0.2, 0.25) is 0 Å². The van der Waals surface area contributed by atoms with Gasteiger partial charge in [0.05, 0.1) is 12.2 Å². The van der Waals surface area contributed by atoms with Gasteiger partial charge < -0.3 is 19.5 Å². The van der Waals surface area contributed by atoms with E-state index >= 15 is 0 Å². The number of ether oxygens (including phenoxy) is 2. The Morgan fingerprint density at radius 3 is 2.55 bits per heavy atom. The minimum atomic E-state index is -0.944. The minimum absolute atomic E-state index is 0.252. The Balaban J connectivity index is 2.90. The molecule has 0 radical (unpaired) electrons. The second-order valence-electron chi connectivity index (χ2n) is 4.49. The van der Waals surface area contributed by atoms with Gasteiger partial charge in [0.25, 0.3) is 0 Å². The van der Waals surface area contributed by atoms with Gasteiger partial charge in [-0.2, -0.15) is 0 Å². The van der Waals surface area contributed by atoms with E-state index in [9.17, 15) is 4.79 Å². The normalized spacial score (nSPS) is 10.6. The lowest BCUT2D eigenvalue weighted by Crippen LogP contribution is -2.30. The number of carboxylic acids is 1. The van der Waals surface area contributed by atoms with E-state index < -0.39 is 5.97 Å². The fraction of sp³-hybridized carbons (Fsp3) is 0.571. The van der Waals surface area contributed by atoms with Crippen LogP contribution in [0.1, 0.15) is 22.5 Å². The zero-order chi connectivity index (χ0) is 15.0. The summed E-state index contributed by atoms with van der Waals surface area (Å²) in [6.07, 6.45) is 0.845. The number of aryl methyl sites for hydroxylation is 1. The highest BCUT2D eigenvalue weighted by atomic mass is 16.5. The number of hydrogen-bond donors (Lipinski definition) is 1. The molecule has 0 aliphatic carbocycles. The topological polar surface area (TPSA) is 71.9 Å². The highest BCUT2D eigenvalue weighted by Gasteiger charge is 2.12. The molecule has 1 aromatic rings. The van der Waals surface area contributed by atoms with Gasteiger partial charge in [0.15, 0.2) is 0 Å². The molecular weight excluding hydrogens is 260 g/mol. The van der Waals surface area contributed by atoms with Crippen LogP contribution < -0.4 is 4.90 Å². The monoisotopic (exact) mass is 282 g/mol. The molecule has 1 heterocycles. The zero-order valence-corrected chi connectivity index (χ0v) is 12.3. The van der Waals surface area contributed by atoms with Crippen molar-refractivity contribution in [2.45, 2.75) is 13.3 Å². The molecule has 1 aromatic heterocycles. The van der Waals surface area contributed by atoms with E-state index in [1.165, 1.54) is 0 Å². The van der Waals surface area contributed by atoms with Crippen LogP contribution in [0.3, 0.4) is 0 Å². The smallest absolute Gasteiger partial charge is 0.335 e. The fourth-order valence-electron chi connectivity index (χ4n) is 1.88. The fourth-order valence-corrected chi connectivity index (χ4v) is 1.88. The number of anilines is 1. The van der Waals surface area contributed by atoms with Crippen molar-refractivity contribution in [1.29, 1.82) is 0 Å². The molecule has 0 aliphatic rings. The van der Waals surface area contributed by atoms with Crippen molar-refractivity contribution in [2.24, 2.45) is 0 Å². The Bertz CT molecular complexity index is 437. The molecule has 1 N–H and O–H groups in total. The van der Waals surface area contributed by atoms with Gasteiger partial charge >= 0.3 is 5.97 Å². The third-order valence-corrected chi connectivity index (χ3v) is 2.85. The first-order valence-corrected chi connectivity index (χ1v) is 6.53. The Morgan fingerprint density at radius 1 is 1.25 bits per heavy atom. The zero-order valence-electron chi connectivity index (χ0n) is 12.3. The average Bonchev–Trinajstić information content (AvgIpc) is 2.42. The van der Waals surface area contributed by atoms with Crippen LogP contribution >= 0.6 is 0 Å². The van der Waals surface area contributed by atoms with Crippen LogP contribution in [0.4, 0.5) is 5.82 Å². The van der Waals surface area contributed by atoms with Gasteiger partial charge in [-0.3, -0.25) is 0 Å². The molecule has 0 atom stereocenters. The summed E-state index contributed by atoms with van der Waals surface area (Å²) in [7, 11) is 3.30. The van der Waals surface area contributed by atoms with E-state index in [0.29, 0.717) is 31.3 Å². The molecule has 0 unspecified atom stereocenters. The van der Waals surface area contributed by atoms with E-state index in [1.54, 1.807) is 33.3 Å². The highest BCUT2D eigenvalue weighted by molar-refractivity contribution is 5.88. The van der Waals surface area contributed by atoms with Crippen LogP contribution in [0.25, 0.3) is 0 Å². The van der Waals surface area contributed by atoms with E-state index in [2.05, 4.69) is 4.98 Å². The molecule has 0 aliphatic heterocycles. The molecule has 0 amide bonds. The summed E-state index contributed by atoms with van der Waals surface area (Å²) in [5, 5.41) is 9.11. The Labute approximate surface area is 119 Å². The van der Waals surface area contributed by atoms with Gasteiger partial charge in [-0.05, 0) is 25.5 Å². The standard InChI is InChI=1S/C14H22N2O4/c1-11-9-12(14(17)18)10-13(15-11)16(6-8-20-3)5-4-7-19-2/h9-10H,4-8H2,1-3H3,(H,17,18). The number of carboxylic acid groups (broad SMARTS) is 1. The van der Waals surface area contributed by atoms with Crippen molar-refractivity contribution < 1.29 is 19.4 Å². The van der Waals surface area contributed by atoms with Gasteiger partial charge in [0, 0.05) is 39.6 Å². The van der Waals surface area contributed by atoms with Gasteiger partial charge in [-0.25, -0.2) is 9.78 Å². The summed E-state index contributed by atoms with van der Waals surface area (Å²) in [6, 6.07) is 3.16. The van der Waals surface area contributed by atoms with Gasteiger partial charge in [0.1, 0.15) is 5.82 Å². The van der Waals surface area contributed by atoms with Crippen LogP contribution in [0.5, 0.6) is 0 Å². The first-order valence-electron chi connectivity index (χ1n) is 6.53. The predicted molar refractivity (Wildman–Crippen MR) is 76.5 cm³/mol. The maximum atomic E-state index is 11.1. The van der Waals surface area contributed by atoms with Crippen LogP contribution in [0, 0.1) is 6.92 Å². The molecule has 6 nitrogen and oxygen atoms in total. The molecule has 112 valence electrons. The quantitative estimate of drug-likeness (QED) is 0.693. The number of aromatic nitrogens is 1. The first-order chi connectivity index (χ1) is 9.58. The number of rotatable bonds is 9. The minimum Gasteiger partial charge on any atom is -0.478 e. The predicted octanol–water partition coefficient (Wildman–Crippen LogP) is 1.58. The van der Waals surface area contributed by atoms with Crippen LogP contribution in [-0.4, -0.2) is 56.6 Å². The second-order valence-corrected chi connectivity index (χ2v) is 4.49. The Morgan fingerprint density at radius 2 is 1.95 bits per heavy atom. The summed E-state index contributed by atoms with van der Waals surface area (Å²) in [5.41, 5.74) is 0.940. The van der Waals surface area contributed by atoms with Crippen molar-refractivity contribution >= 4 is 11.8 Å². The van der Waals surface area contributed by atoms with Crippen molar-refractivity contribution in [3.63, 3.8) is 0 Å². The largest absolute Gasteiger partial charge is 0.478 e. The molecule has 0 saturated carbocycles. The van der Waals surface area contributed by atoms with Gasteiger partial charge in [-0.1, -0.05) is 0 Å². The number of methoxy groups -OCH3 is 2. The van der Waals surface area contributed by atoms with E-state index in [4.69, 9.17) is 14.6 Å². The SMILES string of the molecule is COCCCN(CCOC)c1cc(C(=O)O)cc(C)n1. The van der Waals surface area contributed by atoms with E-state index in [-0.39, 0.29) is 5.56 Å². The van der Waals surface area contributed by atoms with E-state index in [0.717, 1.165) is 13.0 Å². The molecule has 0 aromatic carbocycles. The molecule has 1 rings (SSSR count). The van der Waals surface area contributed by atoms with Crippen molar-refractivity contribution in [2.75, 3.05) is 45.4 Å². The summed E-state index contributed by atoms with van der Waals surface area (Å²) < 4.78 is 10.1. The molecule has 0 fully saturated rings. The first kappa shape index (κ1) is 16.4. The third kappa shape index (κ3) is 5.14. The van der Waals surface area contributed by atoms with Gasteiger partial charge in [-0.15, -0.1) is 0 Å². The van der Waals surface area contributed by atoms with E-state index in [1.807, 2.05) is 4.90 Å². The lowest BCUT2D eigenvalue weighted by molar-refractivity contribution is 0.0696. The molecule has 6 heteroatoms. The second kappa shape index (κ2) is 8.50.